The molecule has 1 aliphatic rings. The topological polar surface area (TPSA) is 94.1 Å². The number of aromatic nitrogens is 3. The molecule has 0 aliphatic carbocycles. The van der Waals surface area contributed by atoms with Gasteiger partial charge in [0.2, 0.25) is 0 Å². The van der Waals surface area contributed by atoms with Crippen LogP contribution in [0.1, 0.15) is 29.4 Å². The summed E-state index contributed by atoms with van der Waals surface area (Å²) < 4.78 is 13.8. The lowest BCUT2D eigenvalue weighted by atomic mass is 10.0. The molecular formula is C20H22FN5O2. The number of nitrogens with one attached hydrogen (secondary N) is 2. The smallest absolute Gasteiger partial charge is 0.254 e. The summed E-state index contributed by atoms with van der Waals surface area (Å²) in [6, 6.07) is 6.01. The molecule has 146 valence electrons. The molecule has 7 nitrogen and oxygen atoms in total. The number of fused-ring (bicyclic) bond motifs is 1. The molecule has 4 rings (SSSR count). The number of aromatic hydroxyl groups is 1. The zero-order valence-electron chi connectivity index (χ0n) is 15.8. The highest BCUT2D eigenvalue weighted by atomic mass is 19.1. The number of amides is 1. The zero-order valence-corrected chi connectivity index (χ0v) is 15.8. The number of hydrogen-bond donors (Lipinski definition) is 3. The molecule has 0 radical (unpaired) electrons. The minimum Gasteiger partial charge on any atom is -0.505 e. The number of carbonyl (C=O) groups is 1. The molecule has 0 saturated carbocycles. The Bertz CT molecular complexity index is 1050. The number of rotatable bonds is 3. The average molecular weight is 383 g/mol. The van der Waals surface area contributed by atoms with Crippen LogP contribution in [0, 0.1) is 12.7 Å². The molecule has 1 fully saturated rings. The maximum absolute atomic E-state index is 13.8. The highest BCUT2D eigenvalue weighted by Crippen LogP contribution is 2.29. The van der Waals surface area contributed by atoms with Crippen molar-refractivity contribution in [3.63, 3.8) is 0 Å². The van der Waals surface area contributed by atoms with Gasteiger partial charge in [-0.2, -0.15) is 5.10 Å². The van der Waals surface area contributed by atoms with Crippen LogP contribution in [0.4, 0.5) is 4.39 Å². The normalized spacial score (nSPS) is 17.2. The standard InChI is InChI=1S/C20H22FN5O2/c1-3-13-10-26(7-6-22-13)20(28)14-9-16(12-4-5-17(27)15(21)8-12)23-19-18(14)11(2)24-25-19/h4-5,8-9,13,22,27H,3,6-7,10H2,1-2H3,(H,23,24,25). The van der Waals surface area contributed by atoms with Gasteiger partial charge in [0.05, 0.1) is 22.3 Å². The van der Waals surface area contributed by atoms with Gasteiger partial charge in [0.15, 0.2) is 17.2 Å². The molecule has 0 bridgehead atoms. The number of piperazine rings is 1. The molecule has 1 amide bonds. The zero-order chi connectivity index (χ0) is 19.8. The lowest BCUT2D eigenvalue weighted by molar-refractivity contribution is 0.0703. The van der Waals surface area contributed by atoms with E-state index in [0.29, 0.717) is 46.6 Å². The summed E-state index contributed by atoms with van der Waals surface area (Å²) in [6.07, 6.45) is 0.943. The van der Waals surface area contributed by atoms with E-state index < -0.39 is 11.6 Å². The number of pyridine rings is 1. The van der Waals surface area contributed by atoms with E-state index in [9.17, 15) is 14.3 Å². The summed E-state index contributed by atoms with van der Waals surface area (Å²) in [5.74, 6) is -1.25. The number of aromatic amines is 1. The quantitative estimate of drug-likeness (QED) is 0.646. The largest absolute Gasteiger partial charge is 0.505 e. The first-order valence-corrected chi connectivity index (χ1v) is 9.35. The third-order valence-corrected chi connectivity index (χ3v) is 5.22. The van der Waals surface area contributed by atoms with E-state index in [2.05, 4.69) is 27.4 Å². The molecule has 1 saturated heterocycles. The van der Waals surface area contributed by atoms with Crippen LogP contribution in [0.3, 0.4) is 0 Å². The van der Waals surface area contributed by atoms with Gasteiger partial charge in [-0.1, -0.05) is 6.92 Å². The van der Waals surface area contributed by atoms with Crippen molar-refractivity contribution in [2.75, 3.05) is 19.6 Å². The molecular weight excluding hydrogens is 361 g/mol. The minimum atomic E-state index is -0.735. The lowest BCUT2D eigenvalue weighted by Gasteiger charge is -2.33. The van der Waals surface area contributed by atoms with Crippen LogP contribution < -0.4 is 5.32 Å². The summed E-state index contributed by atoms with van der Waals surface area (Å²) in [6.45, 7) is 5.93. The Morgan fingerprint density at radius 1 is 1.39 bits per heavy atom. The van der Waals surface area contributed by atoms with Gasteiger partial charge < -0.3 is 15.3 Å². The lowest BCUT2D eigenvalue weighted by Crippen LogP contribution is -2.52. The highest BCUT2D eigenvalue weighted by molar-refractivity contribution is 6.07. The number of halogens is 1. The number of nitrogens with zero attached hydrogens (tertiary/aromatic N) is 3. The van der Waals surface area contributed by atoms with E-state index >= 15 is 0 Å². The van der Waals surface area contributed by atoms with E-state index in [4.69, 9.17) is 0 Å². The molecule has 2 aromatic heterocycles. The van der Waals surface area contributed by atoms with Gasteiger partial charge in [-0.15, -0.1) is 0 Å². The van der Waals surface area contributed by atoms with Gasteiger partial charge >= 0.3 is 0 Å². The third kappa shape index (κ3) is 3.20. The number of phenolic OH excluding ortho intramolecular Hbond substituents is 1. The maximum Gasteiger partial charge on any atom is 0.254 e. The second-order valence-electron chi connectivity index (χ2n) is 7.06. The maximum atomic E-state index is 13.8. The molecule has 3 N–H and O–H groups in total. The first-order valence-electron chi connectivity index (χ1n) is 9.35. The molecule has 1 atom stereocenters. The van der Waals surface area contributed by atoms with Gasteiger partial charge in [0.1, 0.15) is 0 Å². The van der Waals surface area contributed by atoms with E-state index in [0.717, 1.165) is 13.0 Å². The summed E-state index contributed by atoms with van der Waals surface area (Å²) in [5, 5.41) is 20.6. The van der Waals surface area contributed by atoms with Crippen molar-refractivity contribution < 1.29 is 14.3 Å². The number of aryl methyl sites for hydroxylation is 1. The van der Waals surface area contributed by atoms with Crippen LogP contribution >= 0.6 is 0 Å². The first-order chi connectivity index (χ1) is 13.5. The summed E-state index contributed by atoms with van der Waals surface area (Å²) in [4.78, 5) is 19.7. The molecule has 28 heavy (non-hydrogen) atoms. The first kappa shape index (κ1) is 18.4. The molecule has 3 aromatic rings. The number of carbonyl (C=O) groups excluding carboxylic acids is 1. The Morgan fingerprint density at radius 2 is 2.21 bits per heavy atom. The Hall–Kier alpha value is -3.00. The Kier molecular flexibility index (Phi) is 4.72. The SMILES string of the molecule is CCC1CN(C(=O)c2cc(-c3ccc(O)c(F)c3)nc3[nH]nc(C)c23)CCN1. The monoisotopic (exact) mass is 383 g/mol. The fourth-order valence-electron chi connectivity index (χ4n) is 3.62. The van der Waals surface area contributed by atoms with Crippen LogP contribution in [-0.2, 0) is 0 Å². The molecule has 1 aliphatic heterocycles. The van der Waals surface area contributed by atoms with Crippen LogP contribution in [0.15, 0.2) is 24.3 Å². The van der Waals surface area contributed by atoms with Crippen LogP contribution in [0.25, 0.3) is 22.3 Å². The van der Waals surface area contributed by atoms with Gasteiger partial charge in [-0.3, -0.25) is 9.89 Å². The van der Waals surface area contributed by atoms with E-state index in [-0.39, 0.29) is 11.9 Å². The van der Waals surface area contributed by atoms with Crippen LogP contribution in [0.5, 0.6) is 5.75 Å². The molecule has 3 heterocycles. The van der Waals surface area contributed by atoms with Gasteiger partial charge in [0, 0.05) is 31.2 Å². The van der Waals surface area contributed by atoms with Gasteiger partial charge in [-0.25, -0.2) is 9.37 Å². The van der Waals surface area contributed by atoms with Crippen molar-refractivity contribution >= 4 is 16.9 Å². The molecule has 1 unspecified atom stereocenters. The summed E-state index contributed by atoms with van der Waals surface area (Å²) in [7, 11) is 0. The Labute approximate surface area is 161 Å². The molecule has 0 spiro atoms. The van der Waals surface area contributed by atoms with Crippen LogP contribution in [0.2, 0.25) is 0 Å². The summed E-state index contributed by atoms with van der Waals surface area (Å²) in [5.41, 5.74) is 2.59. The number of hydrogen-bond acceptors (Lipinski definition) is 5. The Balaban J connectivity index is 1.81. The van der Waals surface area contributed by atoms with Crippen molar-refractivity contribution in [1.82, 2.24) is 25.4 Å². The molecule has 1 aromatic carbocycles. The van der Waals surface area contributed by atoms with Crippen molar-refractivity contribution in [2.45, 2.75) is 26.3 Å². The highest BCUT2D eigenvalue weighted by Gasteiger charge is 2.26. The molecule has 8 heteroatoms. The predicted octanol–water partition coefficient (Wildman–Crippen LogP) is 2.60. The van der Waals surface area contributed by atoms with Crippen molar-refractivity contribution in [3.8, 4) is 17.0 Å². The van der Waals surface area contributed by atoms with Crippen LogP contribution in [-0.4, -0.2) is 56.8 Å². The van der Waals surface area contributed by atoms with Crippen molar-refractivity contribution in [2.24, 2.45) is 0 Å². The fraction of sp³-hybridized carbons (Fsp3) is 0.350. The van der Waals surface area contributed by atoms with Gasteiger partial charge in [0.25, 0.3) is 5.91 Å². The second kappa shape index (κ2) is 7.20. The van der Waals surface area contributed by atoms with E-state index in [1.54, 1.807) is 12.1 Å². The second-order valence-corrected chi connectivity index (χ2v) is 7.06. The minimum absolute atomic E-state index is 0.0858. The number of H-pyrrole nitrogens is 1. The number of benzene rings is 1. The Morgan fingerprint density at radius 3 is 2.96 bits per heavy atom. The summed E-state index contributed by atoms with van der Waals surface area (Å²) >= 11 is 0. The predicted molar refractivity (Wildman–Crippen MR) is 104 cm³/mol. The number of phenols is 1. The van der Waals surface area contributed by atoms with Crippen molar-refractivity contribution in [3.05, 3.63) is 41.3 Å². The van der Waals surface area contributed by atoms with E-state index in [1.165, 1.54) is 12.1 Å². The average Bonchev–Trinajstić information content (AvgIpc) is 3.09. The van der Waals surface area contributed by atoms with Crippen molar-refractivity contribution in [1.29, 1.82) is 0 Å². The van der Waals surface area contributed by atoms with E-state index in [1.807, 2.05) is 11.8 Å². The fourth-order valence-corrected chi connectivity index (χ4v) is 3.62. The van der Waals surface area contributed by atoms with Gasteiger partial charge in [-0.05, 0) is 37.6 Å². The third-order valence-electron chi connectivity index (χ3n) is 5.22.